The second kappa shape index (κ2) is 3.83. The number of benzene rings is 1. The summed E-state index contributed by atoms with van der Waals surface area (Å²) in [4.78, 5) is 0. The van der Waals surface area contributed by atoms with E-state index in [1.807, 2.05) is 18.2 Å². The first-order valence-corrected chi connectivity index (χ1v) is 7.32. The molecule has 3 rings (SSSR count). The molecule has 5 heteroatoms. The molecule has 0 radical (unpaired) electrons. The summed E-state index contributed by atoms with van der Waals surface area (Å²) in [6.45, 7) is 1.78. The predicted molar refractivity (Wildman–Crippen MR) is 66.8 cm³/mol. The molecule has 3 atom stereocenters. The Balaban J connectivity index is 1.86. The fourth-order valence-corrected chi connectivity index (χ4v) is 4.16. The number of rotatable bonds is 3. The lowest BCUT2D eigenvalue weighted by Gasteiger charge is -2.25. The van der Waals surface area contributed by atoms with Crippen molar-refractivity contribution in [1.82, 2.24) is 0 Å². The van der Waals surface area contributed by atoms with Crippen LogP contribution in [0.2, 0.25) is 0 Å². The van der Waals surface area contributed by atoms with E-state index < -0.39 is 21.0 Å². The summed E-state index contributed by atoms with van der Waals surface area (Å²) in [6, 6.07) is 8.55. The molecule has 1 saturated heterocycles. The van der Waals surface area contributed by atoms with Crippen LogP contribution in [-0.4, -0.2) is 25.4 Å². The van der Waals surface area contributed by atoms with Gasteiger partial charge in [0.15, 0.2) is 0 Å². The Hall–Kier alpha value is -1.33. The maximum Gasteiger partial charge on any atom is 0.315 e. The topological polar surface area (TPSA) is 52.6 Å². The minimum atomic E-state index is -3.68. The molecule has 2 aliphatic rings. The van der Waals surface area contributed by atoms with Crippen molar-refractivity contribution in [3.8, 4) is 5.75 Å². The summed E-state index contributed by atoms with van der Waals surface area (Å²) in [5, 5.41) is -0.639. The fourth-order valence-electron chi connectivity index (χ4n) is 2.53. The normalized spacial score (nSPS) is 33.8. The van der Waals surface area contributed by atoms with Gasteiger partial charge in [0.1, 0.15) is 16.6 Å². The first kappa shape index (κ1) is 11.7. The van der Waals surface area contributed by atoms with Gasteiger partial charge >= 0.3 is 10.1 Å². The summed E-state index contributed by atoms with van der Waals surface area (Å²) < 4.78 is 35.3. The SMILES string of the molecule is C[C@]12C=C[C@H](C[C@H]1S(=O)(=O)Oc1ccccc1)O2. The van der Waals surface area contributed by atoms with Crippen molar-refractivity contribution in [2.45, 2.75) is 30.3 Å². The van der Waals surface area contributed by atoms with Crippen LogP contribution in [0.5, 0.6) is 5.75 Å². The van der Waals surface area contributed by atoms with E-state index in [1.54, 1.807) is 31.2 Å². The van der Waals surface area contributed by atoms with Gasteiger partial charge in [-0.15, -0.1) is 0 Å². The van der Waals surface area contributed by atoms with Crippen molar-refractivity contribution in [3.05, 3.63) is 42.5 Å². The van der Waals surface area contributed by atoms with E-state index in [9.17, 15) is 8.42 Å². The molecule has 2 heterocycles. The van der Waals surface area contributed by atoms with Crippen LogP contribution in [0.1, 0.15) is 13.3 Å². The lowest BCUT2D eigenvalue weighted by molar-refractivity contribution is 0.0472. The minimum Gasteiger partial charge on any atom is -0.382 e. The van der Waals surface area contributed by atoms with Crippen molar-refractivity contribution in [2.24, 2.45) is 0 Å². The Bertz CT molecular complexity index is 578. The highest BCUT2D eigenvalue weighted by molar-refractivity contribution is 7.87. The lowest BCUT2D eigenvalue weighted by Crippen LogP contribution is -2.41. The van der Waals surface area contributed by atoms with Gasteiger partial charge in [-0.25, -0.2) is 0 Å². The van der Waals surface area contributed by atoms with Crippen molar-refractivity contribution >= 4 is 10.1 Å². The van der Waals surface area contributed by atoms with E-state index in [-0.39, 0.29) is 6.10 Å². The Morgan fingerprint density at radius 3 is 2.61 bits per heavy atom. The van der Waals surface area contributed by atoms with Crippen molar-refractivity contribution in [2.75, 3.05) is 0 Å². The number of hydrogen-bond donors (Lipinski definition) is 0. The number of fused-ring (bicyclic) bond motifs is 2. The number of para-hydroxylation sites is 1. The van der Waals surface area contributed by atoms with E-state index in [2.05, 4.69) is 0 Å². The molecule has 0 aliphatic carbocycles. The van der Waals surface area contributed by atoms with Crippen LogP contribution in [0.25, 0.3) is 0 Å². The van der Waals surface area contributed by atoms with Crippen LogP contribution in [0.15, 0.2) is 42.5 Å². The van der Waals surface area contributed by atoms with E-state index >= 15 is 0 Å². The van der Waals surface area contributed by atoms with Gasteiger partial charge in [-0.3, -0.25) is 0 Å². The van der Waals surface area contributed by atoms with E-state index in [0.29, 0.717) is 12.2 Å². The summed E-state index contributed by atoms with van der Waals surface area (Å²) in [5.74, 6) is 0.341. The third-order valence-corrected chi connectivity index (χ3v) is 5.22. The maximum atomic E-state index is 12.3. The maximum absolute atomic E-state index is 12.3. The van der Waals surface area contributed by atoms with Gasteiger partial charge in [-0.2, -0.15) is 8.42 Å². The van der Waals surface area contributed by atoms with Crippen molar-refractivity contribution < 1.29 is 17.3 Å². The van der Waals surface area contributed by atoms with Crippen LogP contribution >= 0.6 is 0 Å². The van der Waals surface area contributed by atoms with Gasteiger partial charge in [0, 0.05) is 6.42 Å². The summed E-state index contributed by atoms with van der Waals surface area (Å²) in [6.07, 6.45) is 4.09. The fraction of sp³-hybridized carbons (Fsp3) is 0.385. The largest absolute Gasteiger partial charge is 0.382 e. The zero-order chi connectivity index (χ0) is 12.8. The van der Waals surface area contributed by atoms with Gasteiger partial charge in [-0.1, -0.05) is 30.4 Å². The molecule has 2 bridgehead atoms. The molecule has 0 unspecified atom stereocenters. The van der Waals surface area contributed by atoms with Crippen LogP contribution in [0.3, 0.4) is 0 Å². The Labute approximate surface area is 106 Å². The number of hydrogen-bond acceptors (Lipinski definition) is 4. The molecule has 1 aromatic rings. The first-order chi connectivity index (χ1) is 8.50. The molecule has 18 heavy (non-hydrogen) atoms. The molecule has 0 amide bonds. The molecule has 2 aliphatic heterocycles. The monoisotopic (exact) mass is 266 g/mol. The van der Waals surface area contributed by atoms with Gasteiger partial charge < -0.3 is 8.92 Å². The highest BCUT2D eigenvalue weighted by Crippen LogP contribution is 2.42. The third-order valence-electron chi connectivity index (χ3n) is 3.44. The first-order valence-electron chi connectivity index (χ1n) is 5.85. The molecule has 1 aromatic carbocycles. The second-order valence-corrected chi connectivity index (χ2v) is 6.53. The summed E-state index contributed by atoms with van der Waals surface area (Å²) >= 11 is 0. The molecule has 4 nitrogen and oxygen atoms in total. The van der Waals surface area contributed by atoms with Crippen LogP contribution < -0.4 is 4.18 Å². The Kier molecular flexibility index (Phi) is 2.50. The number of ether oxygens (including phenoxy) is 1. The predicted octanol–water partition coefficient (Wildman–Crippen LogP) is 1.88. The molecule has 96 valence electrons. The van der Waals surface area contributed by atoms with Crippen LogP contribution in [0, 0.1) is 0 Å². The minimum absolute atomic E-state index is 0.103. The average Bonchev–Trinajstić information content (AvgIpc) is 2.85. The molecule has 1 fully saturated rings. The summed E-state index contributed by atoms with van der Waals surface area (Å²) in [7, 11) is -3.68. The molecule has 0 saturated carbocycles. The molecule has 0 N–H and O–H groups in total. The molecule has 0 aromatic heterocycles. The average molecular weight is 266 g/mol. The molecule has 0 spiro atoms. The molecular weight excluding hydrogens is 252 g/mol. The van der Waals surface area contributed by atoms with Crippen molar-refractivity contribution in [3.63, 3.8) is 0 Å². The highest BCUT2D eigenvalue weighted by Gasteiger charge is 2.54. The van der Waals surface area contributed by atoms with E-state index in [4.69, 9.17) is 8.92 Å². The third kappa shape index (κ3) is 1.83. The summed E-state index contributed by atoms with van der Waals surface area (Å²) in [5.41, 5.74) is -0.752. The Morgan fingerprint density at radius 1 is 1.33 bits per heavy atom. The van der Waals surface area contributed by atoms with Crippen LogP contribution in [0.4, 0.5) is 0 Å². The van der Waals surface area contributed by atoms with Gasteiger partial charge in [0.05, 0.1) is 6.10 Å². The van der Waals surface area contributed by atoms with Crippen LogP contribution in [-0.2, 0) is 14.9 Å². The smallest absolute Gasteiger partial charge is 0.315 e. The zero-order valence-corrected chi connectivity index (χ0v) is 10.8. The second-order valence-electron chi connectivity index (χ2n) is 4.81. The highest BCUT2D eigenvalue weighted by atomic mass is 32.2. The molecular formula is C13H14O4S. The van der Waals surface area contributed by atoms with Gasteiger partial charge in [-0.05, 0) is 19.1 Å². The van der Waals surface area contributed by atoms with E-state index in [0.717, 1.165) is 0 Å². The van der Waals surface area contributed by atoms with Gasteiger partial charge in [0.2, 0.25) is 0 Å². The van der Waals surface area contributed by atoms with Gasteiger partial charge in [0.25, 0.3) is 0 Å². The Morgan fingerprint density at radius 2 is 2.06 bits per heavy atom. The van der Waals surface area contributed by atoms with Crippen molar-refractivity contribution in [1.29, 1.82) is 0 Å². The lowest BCUT2D eigenvalue weighted by atomic mass is 9.96. The van der Waals surface area contributed by atoms with E-state index in [1.165, 1.54) is 0 Å². The quantitative estimate of drug-likeness (QED) is 0.619. The zero-order valence-electron chi connectivity index (χ0n) is 9.94. The standard InChI is InChI=1S/C13H14O4S/c1-13-8-7-11(16-13)9-12(13)18(14,15)17-10-5-3-2-4-6-10/h2-8,11-12H,9H2,1H3/t11-,12-,13+/m1/s1.